The summed E-state index contributed by atoms with van der Waals surface area (Å²) in [5.41, 5.74) is 8.21. The van der Waals surface area contributed by atoms with Crippen molar-refractivity contribution < 1.29 is 18.0 Å². The normalized spacial score (nSPS) is 14.6. The van der Waals surface area contributed by atoms with Crippen molar-refractivity contribution in [1.29, 1.82) is 0 Å². The third kappa shape index (κ3) is 6.46. The number of halogens is 3. The Morgan fingerprint density at radius 3 is 2.57 bits per heavy atom. The molecular weight excluding hydrogens is 481 g/mol. The molecule has 4 rings (SSSR count). The highest BCUT2D eigenvalue weighted by atomic mass is 19.4. The molecule has 2 aromatic carbocycles. The molecule has 0 bridgehead atoms. The van der Waals surface area contributed by atoms with Gasteiger partial charge in [0.1, 0.15) is 0 Å². The number of carbonyl (C=O) groups is 1. The monoisotopic (exact) mass is 510 g/mol. The van der Waals surface area contributed by atoms with Crippen molar-refractivity contribution in [3.63, 3.8) is 0 Å². The van der Waals surface area contributed by atoms with Crippen LogP contribution in [-0.4, -0.2) is 28.9 Å². The van der Waals surface area contributed by atoms with E-state index in [4.69, 9.17) is 11.6 Å². The number of rotatable bonds is 7. The molecule has 0 spiro atoms. The van der Waals surface area contributed by atoms with E-state index < -0.39 is 17.6 Å². The number of likely N-dealkylation sites (tertiary alicyclic amines) is 1. The Kier molecular flexibility index (Phi) is 7.80. The van der Waals surface area contributed by atoms with Gasteiger partial charge in [0.15, 0.2) is 0 Å². The topological polar surface area (TPSA) is 101 Å². The van der Waals surface area contributed by atoms with Crippen LogP contribution in [0.1, 0.15) is 45.5 Å². The molecule has 0 atom stereocenters. The Balaban J connectivity index is 1.54. The standard InChI is InChI=1S/C27H29F3N6O/c1-18-6-7-19(13-25(18)36(32)17-24(31)20-5-4-10-33-15-20)26(37)34-22-9-8-21(16-35-11-2-3-12-35)23(14-22)27(28,29)30/h4-10,13-15,17H,2-3,11-12,16,31-32H2,1H3,(H,34,37)/b24-17-. The molecule has 1 saturated heterocycles. The van der Waals surface area contributed by atoms with Crippen LogP contribution in [0.5, 0.6) is 0 Å². The minimum Gasteiger partial charge on any atom is -0.397 e. The van der Waals surface area contributed by atoms with Crippen molar-refractivity contribution >= 4 is 23.0 Å². The molecule has 2 heterocycles. The van der Waals surface area contributed by atoms with Gasteiger partial charge in [-0.15, -0.1) is 0 Å². The Hall–Kier alpha value is -3.89. The lowest BCUT2D eigenvalue weighted by molar-refractivity contribution is -0.138. The van der Waals surface area contributed by atoms with E-state index in [1.807, 2.05) is 11.8 Å². The Morgan fingerprint density at radius 2 is 1.89 bits per heavy atom. The number of nitrogens with one attached hydrogen (secondary N) is 1. The molecule has 0 unspecified atom stereocenters. The molecule has 1 aliphatic rings. The second kappa shape index (κ2) is 11.0. The van der Waals surface area contributed by atoms with Gasteiger partial charge in [0, 0.05) is 42.0 Å². The summed E-state index contributed by atoms with van der Waals surface area (Å²) in [5.74, 6) is 5.65. The minimum atomic E-state index is -4.53. The molecule has 1 fully saturated rings. The first-order valence-electron chi connectivity index (χ1n) is 11.9. The van der Waals surface area contributed by atoms with Crippen LogP contribution in [0.25, 0.3) is 5.70 Å². The fraction of sp³-hybridized carbons (Fsp3) is 0.259. The van der Waals surface area contributed by atoms with E-state index in [0.717, 1.165) is 37.6 Å². The predicted octanol–water partition coefficient (Wildman–Crippen LogP) is 4.89. The molecule has 10 heteroatoms. The van der Waals surface area contributed by atoms with Gasteiger partial charge in [0.2, 0.25) is 0 Å². The number of anilines is 2. The van der Waals surface area contributed by atoms with Crippen LogP contribution in [0, 0.1) is 6.92 Å². The number of aromatic nitrogens is 1. The van der Waals surface area contributed by atoms with Gasteiger partial charge >= 0.3 is 6.18 Å². The van der Waals surface area contributed by atoms with Crippen LogP contribution in [0.3, 0.4) is 0 Å². The summed E-state index contributed by atoms with van der Waals surface area (Å²) < 4.78 is 41.4. The zero-order chi connectivity index (χ0) is 26.6. The first kappa shape index (κ1) is 26.2. The van der Waals surface area contributed by atoms with E-state index in [1.54, 1.807) is 42.7 Å². The molecule has 37 heavy (non-hydrogen) atoms. The lowest BCUT2D eigenvalue weighted by atomic mass is 10.0. The SMILES string of the molecule is Cc1ccc(C(=O)Nc2ccc(CN3CCCC3)c(C(F)(F)F)c2)cc1N(N)/C=C(\N)c1cccnc1. The lowest BCUT2D eigenvalue weighted by Gasteiger charge is -2.20. The average Bonchev–Trinajstić information content (AvgIpc) is 3.38. The fourth-order valence-electron chi connectivity index (χ4n) is 4.30. The van der Waals surface area contributed by atoms with E-state index in [2.05, 4.69) is 10.3 Å². The number of alkyl halides is 3. The Labute approximate surface area is 213 Å². The molecule has 1 amide bonds. The number of carbonyl (C=O) groups excluding carboxylic acids is 1. The molecule has 5 N–H and O–H groups in total. The number of hydrogen-bond donors (Lipinski definition) is 3. The molecule has 7 nitrogen and oxygen atoms in total. The third-order valence-electron chi connectivity index (χ3n) is 6.29. The van der Waals surface area contributed by atoms with Gasteiger partial charge in [0.25, 0.3) is 5.91 Å². The van der Waals surface area contributed by atoms with Crippen molar-refractivity contribution in [2.75, 3.05) is 23.4 Å². The third-order valence-corrected chi connectivity index (χ3v) is 6.29. The van der Waals surface area contributed by atoms with Gasteiger partial charge in [-0.3, -0.25) is 19.7 Å². The lowest BCUT2D eigenvalue weighted by Crippen LogP contribution is -2.27. The first-order valence-corrected chi connectivity index (χ1v) is 11.9. The Bertz CT molecular complexity index is 1290. The summed E-state index contributed by atoms with van der Waals surface area (Å²) >= 11 is 0. The maximum atomic E-state index is 13.8. The highest BCUT2D eigenvalue weighted by molar-refractivity contribution is 6.05. The van der Waals surface area contributed by atoms with Crippen LogP contribution < -0.4 is 21.9 Å². The number of nitrogens with two attached hydrogens (primary N) is 2. The van der Waals surface area contributed by atoms with Crippen molar-refractivity contribution in [1.82, 2.24) is 9.88 Å². The van der Waals surface area contributed by atoms with Crippen LogP contribution in [0.15, 0.2) is 67.1 Å². The number of pyridine rings is 1. The first-order chi connectivity index (χ1) is 17.6. The molecular formula is C27H29F3N6O. The van der Waals surface area contributed by atoms with Gasteiger partial charge in [-0.1, -0.05) is 12.1 Å². The quantitative estimate of drug-likeness (QED) is 0.309. The van der Waals surface area contributed by atoms with Gasteiger partial charge in [-0.25, -0.2) is 5.84 Å². The number of hydrogen-bond acceptors (Lipinski definition) is 6. The number of benzene rings is 2. The molecule has 1 aromatic heterocycles. The highest BCUT2D eigenvalue weighted by Gasteiger charge is 2.34. The van der Waals surface area contributed by atoms with E-state index in [0.29, 0.717) is 16.9 Å². The van der Waals surface area contributed by atoms with E-state index in [-0.39, 0.29) is 23.4 Å². The van der Waals surface area contributed by atoms with Gasteiger partial charge in [-0.05, 0) is 80.4 Å². The second-order valence-corrected chi connectivity index (χ2v) is 9.04. The number of hydrazine groups is 1. The molecule has 1 aliphatic heterocycles. The minimum absolute atomic E-state index is 0.0648. The Morgan fingerprint density at radius 1 is 1.14 bits per heavy atom. The summed E-state index contributed by atoms with van der Waals surface area (Å²) in [6.07, 6.45) is 2.17. The summed E-state index contributed by atoms with van der Waals surface area (Å²) in [4.78, 5) is 19.0. The van der Waals surface area contributed by atoms with Crippen molar-refractivity contribution in [2.45, 2.75) is 32.5 Å². The van der Waals surface area contributed by atoms with E-state index >= 15 is 0 Å². The summed E-state index contributed by atoms with van der Waals surface area (Å²) in [6.45, 7) is 3.62. The summed E-state index contributed by atoms with van der Waals surface area (Å²) in [7, 11) is 0. The zero-order valence-electron chi connectivity index (χ0n) is 20.4. The molecule has 0 radical (unpaired) electrons. The van der Waals surface area contributed by atoms with Crippen LogP contribution >= 0.6 is 0 Å². The van der Waals surface area contributed by atoms with E-state index in [9.17, 15) is 18.0 Å². The molecule has 0 saturated carbocycles. The summed E-state index contributed by atoms with van der Waals surface area (Å²) in [6, 6.07) is 12.3. The zero-order valence-corrected chi connectivity index (χ0v) is 20.4. The van der Waals surface area contributed by atoms with Gasteiger partial charge in [-0.2, -0.15) is 13.2 Å². The van der Waals surface area contributed by atoms with Crippen LogP contribution in [0.2, 0.25) is 0 Å². The van der Waals surface area contributed by atoms with Crippen molar-refractivity contribution in [3.05, 3.63) is 94.9 Å². The van der Waals surface area contributed by atoms with Crippen molar-refractivity contribution in [2.24, 2.45) is 11.6 Å². The van der Waals surface area contributed by atoms with Gasteiger partial charge in [0.05, 0.1) is 16.9 Å². The number of aryl methyl sites for hydroxylation is 1. The average molecular weight is 511 g/mol. The largest absolute Gasteiger partial charge is 0.416 e. The fourth-order valence-corrected chi connectivity index (χ4v) is 4.30. The van der Waals surface area contributed by atoms with Crippen LogP contribution in [0.4, 0.5) is 24.5 Å². The van der Waals surface area contributed by atoms with E-state index in [1.165, 1.54) is 23.3 Å². The maximum Gasteiger partial charge on any atom is 0.416 e. The van der Waals surface area contributed by atoms with Crippen LogP contribution in [-0.2, 0) is 12.7 Å². The highest BCUT2D eigenvalue weighted by Crippen LogP contribution is 2.35. The molecule has 3 aromatic rings. The summed E-state index contributed by atoms with van der Waals surface area (Å²) in [5, 5.41) is 3.88. The molecule has 0 aliphatic carbocycles. The molecule has 194 valence electrons. The number of nitrogens with zero attached hydrogens (tertiary/aromatic N) is 3. The predicted molar refractivity (Wildman–Crippen MR) is 138 cm³/mol. The second-order valence-electron chi connectivity index (χ2n) is 9.04. The van der Waals surface area contributed by atoms with Gasteiger partial charge < -0.3 is 11.1 Å². The smallest absolute Gasteiger partial charge is 0.397 e. The number of amides is 1. The maximum absolute atomic E-state index is 13.8. The van der Waals surface area contributed by atoms with Crippen molar-refractivity contribution in [3.8, 4) is 0 Å².